The van der Waals surface area contributed by atoms with Crippen molar-refractivity contribution >= 4 is 27.6 Å². The third-order valence-corrected chi connectivity index (χ3v) is 3.88. The molecule has 1 aliphatic heterocycles. The monoisotopic (exact) mass is 365 g/mol. The Labute approximate surface area is 129 Å². The molecule has 1 aromatic rings. The molecule has 0 aliphatic carbocycles. The van der Waals surface area contributed by atoms with Crippen LogP contribution in [0.5, 0.6) is 0 Å². The van der Waals surface area contributed by atoms with E-state index in [4.69, 9.17) is 4.74 Å². The van der Waals surface area contributed by atoms with Gasteiger partial charge in [-0.2, -0.15) is 13.2 Å². The quantitative estimate of drug-likeness (QED) is 0.758. The third-order valence-electron chi connectivity index (χ3n) is 3.39. The van der Waals surface area contributed by atoms with Gasteiger partial charge in [0.15, 0.2) is 0 Å². The van der Waals surface area contributed by atoms with E-state index in [0.717, 1.165) is 6.07 Å². The maximum atomic E-state index is 13.2. The second kappa shape index (κ2) is 6.25. The van der Waals surface area contributed by atoms with Crippen LogP contribution in [0.15, 0.2) is 22.7 Å². The van der Waals surface area contributed by atoms with E-state index in [1.54, 1.807) is 6.92 Å². The van der Waals surface area contributed by atoms with Gasteiger partial charge in [-0.15, -0.1) is 0 Å². The minimum atomic E-state index is -4.46. The summed E-state index contributed by atoms with van der Waals surface area (Å²) in [6.07, 6.45) is -3.30. The molecule has 0 amide bonds. The molecule has 2 rings (SSSR count). The highest BCUT2D eigenvalue weighted by Gasteiger charge is 2.39. The molecule has 0 aromatic heterocycles. The van der Waals surface area contributed by atoms with Crippen LogP contribution in [0.1, 0.15) is 25.3 Å². The Kier molecular flexibility index (Phi) is 4.81. The largest absolute Gasteiger partial charge is 0.464 e. The predicted octanol–water partition coefficient (Wildman–Crippen LogP) is 4.00. The molecule has 1 saturated heterocycles. The highest BCUT2D eigenvalue weighted by Crippen LogP contribution is 2.40. The standard InChI is InChI=1S/C14H15BrF3NO2/c1-2-21-13(20)11-4-3-7-19(11)12-8-9(15)5-6-10(12)14(16,17)18/h5-6,8,11H,2-4,7H2,1H3. The van der Waals surface area contributed by atoms with Gasteiger partial charge in [0, 0.05) is 11.0 Å². The summed E-state index contributed by atoms with van der Waals surface area (Å²) in [4.78, 5) is 13.4. The Bertz CT molecular complexity index is 533. The first kappa shape index (κ1) is 16.1. The Balaban J connectivity index is 2.40. The molecular weight excluding hydrogens is 351 g/mol. The number of carbonyl (C=O) groups is 1. The summed E-state index contributed by atoms with van der Waals surface area (Å²) >= 11 is 3.19. The Morgan fingerprint density at radius 2 is 2.19 bits per heavy atom. The van der Waals surface area contributed by atoms with Gasteiger partial charge in [-0.25, -0.2) is 4.79 Å². The Morgan fingerprint density at radius 3 is 2.81 bits per heavy atom. The second-order valence-electron chi connectivity index (χ2n) is 4.76. The first-order valence-electron chi connectivity index (χ1n) is 6.64. The zero-order valence-electron chi connectivity index (χ0n) is 11.4. The number of nitrogens with zero attached hydrogens (tertiary/aromatic N) is 1. The molecule has 3 nitrogen and oxygen atoms in total. The number of alkyl halides is 3. The summed E-state index contributed by atoms with van der Waals surface area (Å²) < 4.78 is 45.0. The van der Waals surface area contributed by atoms with Gasteiger partial charge in [0.1, 0.15) is 6.04 Å². The summed E-state index contributed by atoms with van der Waals surface area (Å²) in [5, 5.41) is 0. The number of hydrogen-bond acceptors (Lipinski definition) is 3. The number of esters is 1. The highest BCUT2D eigenvalue weighted by molar-refractivity contribution is 9.10. The summed E-state index contributed by atoms with van der Waals surface area (Å²) in [6.45, 7) is 2.30. The van der Waals surface area contributed by atoms with E-state index in [1.807, 2.05) is 0 Å². The maximum Gasteiger partial charge on any atom is 0.418 e. The lowest BCUT2D eigenvalue weighted by atomic mass is 10.1. The molecule has 0 saturated carbocycles. The molecule has 0 spiro atoms. The van der Waals surface area contributed by atoms with Gasteiger partial charge in [-0.3, -0.25) is 0 Å². The molecule has 1 aromatic carbocycles. The fraction of sp³-hybridized carbons (Fsp3) is 0.500. The van der Waals surface area contributed by atoms with Crippen LogP contribution < -0.4 is 4.90 Å². The van der Waals surface area contributed by atoms with Gasteiger partial charge in [-0.05, 0) is 38.0 Å². The predicted molar refractivity (Wildman–Crippen MR) is 76.1 cm³/mol. The average Bonchev–Trinajstić information content (AvgIpc) is 2.86. The Morgan fingerprint density at radius 1 is 1.48 bits per heavy atom. The highest BCUT2D eigenvalue weighted by atomic mass is 79.9. The number of hydrogen-bond donors (Lipinski definition) is 0. The summed E-state index contributed by atoms with van der Waals surface area (Å²) in [5.74, 6) is -0.469. The zero-order valence-corrected chi connectivity index (χ0v) is 13.0. The lowest BCUT2D eigenvalue weighted by molar-refractivity contribution is -0.145. The van der Waals surface area contributed by atoms with Gasteiger partial charge in [0.05, 0.1) is 17.9 Å². The number of anilines is 1. The SMILES string of the molecule is CCOC(=O)C1CCCN1c1cc(Br)ccc1C(F)(F)F. The maximum absolute atomic E-state index is 13.2. The zero-order chi connectivity index (χ0) is 15.6. The molecule has 0 N–H and O–H groups in total. The molecule has 0 bridgehead atoms. The van der Waals surface area contributed by atoms with Crippen LogP contribution in [0.4, 0.5) is 18.9 Å². The van der Waals surface area contributed by atoms with Crippen molar-refractivity contribution in [3.05, 3.63) is 28.2 Å². The first-order chi connectivity index (χ1) is 9.84. The topological polar surface area (TPSA) is 29.5 Å². The fourth-order valence-corrected chi connectivity index (χ4v) is 2.87. The molecule has 1 aliphatic rings. The van der Waals surface area contributed by atoms with Gasteiger partial charge in [0.2, 0.25) is 0 Å². The minimum Gasteiger partial charge on any atom is -0.464 e. The van der Waals surface area contributed by atoms with E-state index in [2.05, 4.69) is 15.9 Å². The van der Waals surface area contributed by atoms with Crippen LogP contribution in [0.25, 0.3) is 0 Å². The molecular formula is C14H15BrF3NO2. The molecule has 1 atom stereocenters. The molecule has 21 heavy (non-hydrogen) atoms. The van der Waals surface area contributed by atoms with Gasteiger partial charge in [-0.1, -0.05) is 15.9 Å². The van der Waals surface area contributed by atoms with Crippen LogP contribution in [-0.2, 0) is 15.7 Å². The van der Waals surface area contributed by atoms with Crippen molar-refractivity contribution < 1.29 is 22.7 Å². The van der Waals surface area contributed by atoms with Gasteiger partial charge < -0.3 is 9.64 Å². The van der Waals surface area contributed by atoms with Crippen molar-refractivity contribution in [3.63, 3.8) is 0 Å². The van der Waals surface area contributed by atoms with E-state index in [1.165, 1.54) is 17.0 Å². The van der Waals surface area contributed by atoms with Crippen molar-refractivity contribution in [1.29, 1.82) is 0 Å². The summed E-state index contributed by atoms with van der Waals surface area (Å²) in [5.41, 5.74) is -0.714. The van der Waals surface area contributed by atoms with Crippen LogP contribution in [-0.4, -0.2) is 25.2 Å². The van der Waals surface area contributed by atoms with Crippen molar-refractivity contribution in [2.45, 2.75) is 32.0 Å². The van der Waals surface area contributed by atoms with E-state index in [9.17, 15) is 18.0 Å². The van der Waals surface area contributed by atoms with Crippen molar-refractivity contribution in [1.82, 2.24) is 0 Å². The molecule has 7 heteroatoms. The fourth-order valence-electron chi connectivity index (χ4n) is 2.52. The Hall–Kier alpha value is -1.24. The van der Waals surface area contributed by atoms with Crippen LogP contribution in [0.3, 0.4) is 0 Å². The van der Waals surface area contributed by atoms with E-state index < -0.39 is 23.8 Å². The molecule has 1 unspecified atom stereocenters. The lowest BCUT2D eigenvalue weighted by Crippen LogP contribution is -2.38. The lowest BCUT2D eigenvalue weighted by Gasteiger charge is -2.28. The van der Waals surface area contributed by atoms with Gasteiger partial charge in [0.25, 0.3) is 0 Å². The van der Waals surface area contributed by atoms with Crippen LogP contribution in [0.2, 0.25) is 0 Å². The van der Waals surface area contributed by atoms with Crippen molar-refractivity contribution in [2.24, 2.45) is 0 Å². The number of halogens is 4. The van der Waals surface area contributed by atoms with Crippen LogP contribution >= 0.6 is 15.9 Å². The third kappa shape index (κ3) is 3.51. The first-order valence-corrected chi connectivity index (χ1v) is 7.44. The van der Waals surface area contributed by atoms with E-state index >= 15 is 0 Å². The van der Waals surface area contributed by atoms with Gasteiger partial charge >= 0.3 is 12.1 Å². The molecule has 1 heterocycles. The number of carbonyl (C=O) groups excluding carboxylic acids is 1. The number of benzene rings is 1. The number of ether oxygens (including phenoxy) is 1. The summed E-state index contributed by atoms with van der Waals surface area (Å²) in [6, 6.07) is 3.13. The smallest absolute Gasteiger partial charge is 0.418 e. The molecule has 0 radical (unpaired) electrons. The number of rotatable bonds is 3. The van der Waals surface area contributed by atoms with Crippen molar-refractivity contribution in [3.8, 4) is 0 Å². The molecule has 116 valence electrons. The summed E-state index contributed by atoms with van der Waals surface area (Å²) in [7, 11) is 0. The van der Waals surface area contributed by atoms with Crippen molar-refractivity contribution in [2.75, 3.05) is 18.1 Å². The van der Waals surface area contributed by atoms with E-state index in [-0.39, 0.29) is 12.3 Å². The van der Waals surface area contributed by atoms with Crippen LogP contribution in [0, 0.1) is 0 Å². The normalized spacial score (nSPS) is 18.9. The average molecular weight is 366 g/mol. The minimum absolute atomic E-state index is 0.0208. The van der Waals surface area contributed by atoms with E-state index in [0.29, 0.717) is 23.9 Å². The molecule has 1 fully saturated rings. The second-order valence-corrected chi connectivity index (χ2v) is 5.68.